The molecule has 1 fully saturated rings. The number of hydrogen-bond donors (Lipinski definition) is 1. The molecule has 134 valence electrons. The maximum atomic E-state index is 12.6. The van der Waals surface area contributed by atoms with Gasteiger partial charge in [0.1, 0.15) is 12.4 Å². The van der Waals surface area contributed by atoms with Crippen LogP contribution in [0.5, 0.6) is 0 Å². The molecule has 0 radical (unpaired) electrons. The molecule has 1 N–H and O–H groups in total. The third-order valence-corrected chi connectivity index (χ3v) is 4.70. The molecule has 0 bridgehead atoms. The minimum atomic E-state index is -0.273. The largest absolute Gasteiger partial charge is 0.329 e. The Balaban J connectivity index is 1.50. The van der Waals surface area contributed by atoms with Crippen molar-refractivity contribution in [1.29, 1.82) is 0 Å². The molecule has 1 saturated carbocycles. The lowest BCUT2D eigenvalue weighted by Crippen LogP contribution is -2.29. The highest BCUT2D eigenvalue weighted by molar-refractivity contribution is 5.91. The number of benzene rings is 1. The molecule has 0 aliphatic heterocycles. The molecule has 2 heterocycles. The van der Waals surface area contributed by atoms with Gasteiger partial charge in [0.05, 0.1) is 29.1 Å². The van der Waals surface area contributed by atoms with Gasteiger partial charge < -0.3 is 5.32 Å². The predicted octanol–water partition coefficient (Wildman–Crippen LogP) is 2.20. The summed E-state index contributed by atoms with van der Waals surface area (Å²) in [5.74, 6) is 1.26. The van der Waals surface area contributed by atoms with E-state index in [0.717, 1.165) is 29.2 Å². The smallest absolute Gasteiger partial charge is 0.322 e. The van der Waals surface area contributed by atoms with E-state index in [4.69, 9.17) is 0 Å². The van der Waals surface area contributed by atoms with E-state index >= 15 is 0 Å². The van der Waals surface area contributed by atoms with Crippen molar-refractivity contribution in [3.63, 3.8) is 0 Å². The average molecular weight is 351 g/mol. The maximum Gasteiger partial charge on any atom is 0.329 e. The standard InChI is InChI=1S/C19H21N5O2/c1-2-23-15-5-3-4-6-16(15)24(19(23)26)12-18(25)22-14-10-20-17(21-11-14)9-13-7-8-13/h3-6,10-11,13H,2,7-9,12H2,1H3,(H,22,25). The Morgan fingerprint density at radius 2 is 1.81 bits per heavy atom. The van der Waals surface area contributed by atoms with Crippen LogP contribution in [0.15, 0.2) is 41.5 Å². The van der Waals surface area contributed by atoms with Crippen molar-refractivity contribution in [2.75, 3.05) is 5.32 Å². The summed E-state index contributed by atoms with van der Waals surface area (Å²) in [6.07, 6.45) is 6.66. The fourth-order valence-corrected chi connectivity index (χ4v) is 3.18. The van der Waals surface area contributed by atoms with E-state index in [-0.39, 0.29) is 18.1 Å². The zero-order valence-corrected chi connectivity index (χ0v) is 14.7. The summed E-state index contributed by atoms with van der Waals surface area (Å²) in [7, 11) is 0. The molecule has 0 spiro atoms. The van der Waals surface area contributed by atoms with Crippen LogP contribution in [0.3, 0.4) is 0 Å². The Morgan fingerprint density at radius 3 is 2.42 bits per heavy atom. The first-order valence-corrected chi connectivity index (χ1v) is 8.94. The third kappa shape index (κ3) is 3.24. The number of nitrogens with zero attached hydrogens (tertiary/aromatic N) is 4. The van der Waals surface area contributed by atoms with E-state index in [1.165, 1.54) is 17.4 Å². The number of hydrogen-bond acceptors (Lipinski definition) is 4. The Bertz CT molecular complexity index is 999. The van der Waals surface area contributed by atoms with E-state index in [2.05, 4.69) is 15.3 Å². The molecule has 7 heteroatoms. The third-order valence-electron chi connectivity index (χ3n) is 4.70. The number of para-hydroxylation sites is 2. The highest BCUT2D eigenvalue weighted by Crippen LogP contribution is 2.31. The zero-order valence-electron chi connectivity index (χ0n) is 14.7. The van der Waals surface area contributed by atoms with E-state index in [1.807, 2.05) is 31.2 Å². The first kappa shape index (κ1) is 16.5. The lowest BCUT2D eigenvalue weighted by Gasteiger charge is -2.06. The fourth-order valence-electron chi connectivity index (χ4n) is 3.18. The number of carbonyl (C=O) groups excluding carboxylic acids is 1. The Morgan fingerprint density at radius 1 is 1.15 bits per heavy atom. The van der Waals surface area contributed by atoms with Gasteiger partial charge in [0, 0.05) is 13.0 Å². The second kappa shape index (κ2) is 6.74. The Kier molecular flexibility index (Phi) is 4.28. The molecule has 0 saturated heterocycles. The lowest BCUT2D eigenvalue weighted by atomic mass is 10.3. The molecular weight excluding hydrogens is 330 g/mol. The summed E-state index contributed by atoms with van der Waals surface area (Å²) in [4.78, 5) is 33.6. The molecule has 1 aliphatic carbocycles. The highest BCUT2D eigenvalue weighted by Gasteiger charge is 2.22. The van der Waals surface area contributed by atoms with Crippen LogP contribution < -0.4 is 11.0 Å². The molecule has 1 amide bonds. The van der Waals surface area contributed by atoms with Gasteiger partial charge in [0.25, 0.3) is 0 Å². The van der Waals surface area contributed by atoms with Crippen molar-refractivity contribution in [3.8, 4) is 0 Å². The van der Waals surface area contributed by atoms with Crippen molar-refractivity contribution in [2.45, 2.75) is 39.3 Å². The highest BCUT2D eigenvalue weighted by atomic mass is 16.2. The molecule has 26 heavy (non-hydrogen) atoms. The molecule has 2 aromatic heterocycles. The number of rotatable bonds is 6. The number of amides is 1. The van der Waals surface area contributed by atoms with Gasteiger partial charge in [0.2, 0.25) is 5.91 Å². The summed E-state index contributed by atoms with van der Waals surface area (Å²) < 4.78 is 3.16. The zero-order chi connectivity index (χ0) is 18.1. The van der Waals surface area contributed by atoms with Crippen molar-refractivity contribution in [1.82, 2.24) is 19.1 Å². The summed E-state index contributed by atoms with van der Waals surface area (Å²) in [6.45, 7) is 2.43. The molecule has 1 aliphatic rings. The van der Waals surface area contributed by atoms with Gasteiger partial charge in [-0.1, -0.05) is 12.1 Å². The quantitative estimate of drug-likeness (QED) is 0.738. The number of fused-ring (bicyclic) bond motifs is 1. The normalized spacial score (nSPS) is 13.9. The van der Waals surface area contributed by atoms with Gasteiger partial charge >= 0.3 is 5.69 Å². The van der Waals surface area contributed by atoms with E-state index in [0.29, 0.717) is 12.2 Å². The monoisotopic (exact) mass is 351 g/mol. The summed E-state index contributed by atoms with van der Waals surface area (Å²) in [5, 5.41) is 2.77. The van der Waals surface area contributed by atoms with Gasteiger partial charge in [-0.25, -0.2) is 14.8 Å². The average Bonchev–Trinajstić information content (AvgIpc) is 3.42. The maximum absolute atomic E-state index is 12.6. The second-order valence-corrected chi connectivity index (χ2v) is 6.69. The number of imidazole rings is 1. The van der Waals surface area contributed by atoms with Crippen LogP contribution in [0.1, 0.15) is 25.6 Å². The van der Waals surface area contributed by atoms with Crippen molar-refractivity contribution in [3.05, 3.63) is 53.0 Å². The van der Waals surface area contributed by atoms with Crippen LogP contribution in [0, 0.1) is 5.92 Å². The van der Waals surface area contributed by atoms with Gasteiger partial charge in [-0.2, -0.15) is 0 Å². The molecule has 3 aromatic rings. The van der Waals surface area contributed by atoms with Gasteiger partial charge in [-0.05, 0) is 37.8 Å². The number of anilines is 1. The van der Waals surface area contributed by atoms with Crippen molar-refractivity contribution < 1.29 is 4.79 Å². The molecule has 4 rings (SSSR count). The number of carbonyl (C=O) groups is 1. The van der Waals surface area contributed by atoms with Crippen LogP contribution in [0.4, 0.5) is 5.69 Å². The van der Waals surface area contributed by atoms with E-state index in [9.17, 15) is 9.59 Å². The van der Waals surface area contributed by atoms with Crippen LogP contribution in [-0.2, 0) is 24.3 Å². The molecule has 0 unspecified atom stereocenters. The summed E-state index contributed by atoms with van der Waals surface area (Å²) in [5.41, 5.74) is 1.95. The number of aryl methyl sites for hydroxylation is 1. The van der Waals surface area contributed by atoms with Gasteiger partial charge in [-0.3, -0.25) is 13.9 Å². The second-order valence-electron chi connectivity index (χ2n) is 6.69. The van der Waals surface area contributed by atoms with E-state index in [1.54, 1.807) is 17.0 Å². The minimum absolute atomic E-state index is 0.0455. The van der Waals surface area contributed by atoms with E-state index < -0.39 is 0 Å². The van der Waals surface area contributed by atoms with Gasteiger partial charge in [-0.15, -0.1) is 0 Å². The molecular formula is C19H21N5O2. The first-order valence-electron chi connectivity index (χ1n) is 8.94. The predicted molar refractivity (Wildman–Crippen MR) is 99.0 cm³/mol. The topological polar surface area (TPSA) is 81.8 Å². The molecule has 1 aromatic carbocycles. The van der Waals surface area contributed by atoms with Crippen molar-refractivity contribution in [2.24, 2.45) is 5.92 Å². The lowest BCUT2D eigenvalue weighted by molar-refractivity contribution is -0.116. The molecule has 7 nitrogen and oxygen atoms in total. The van der Waals surface area contributed by atoms with Crippen LogP contribution in [0.2, 0.25) is 0 Å². The number of nitrogens with one attached hydrogen (secondary N) is 1. The van der Waals surface area contributed by atoms with Crippen LogP contribution in [-0.4, -0.2) is 25.0 Å². The van der Waals surface area contributed by atoms with Crippen LogP contribution >= 0.6 is 0 Å². The van der Waals surface area contributed by atoms with Crippen LogP contribution in [0.25, 0.3) is 11.0 Å². The number of aromatic nitrogens is 4. The Labute approximate surface area is 150 Å². The SMILES string of the molecule is CCn1c(=O)n(CC(=O)Nc2cnc(CC3CC3)nc2)c2ccccc21. The van der Waals surface area contributed by atoms with Crippen molar-refractivity contribution >= 4 is 22.6 Å². The fraction of sp³-hybridized carbons (Fsp3) is 0.368. The summed E-state index contributed by atoms with van der Waals surface area (Å²) in [6, 6.07) is 7.49. The summed E-state index contributed by atoms with van der Waals surface area (Å²) >= 11 is 0. The Hall–Kier alpha value is -2.96. The van der Waals surface area contributed by atoms with Gasteiger partial charge in [0.15, 0.2) is 0 Å². The minimum Gasteiger partial charge on any atom is -0.322 e. The first-order chi connectivity index (χ1) is 12.7. The molecule has 0 atom stereocenters.